The lowest BCUT2D eigenvalue weighted by molar-refractivity contribution is -0.131. The van der Waals surface area contributed by atoms with Crippen LogP contribution in [0.15, 0.2) is 29.6 Å². The molecule has 1 aromatic carbocycles. The van der Waals surface area contributed by atoms with Gasteiger partial charge in [-0.25, -0.2) is 0 Å². The quantitative estimate of drug-likeness (QED) is 0.905. The molecular formula is C13H16N2OS. The number of benzene rings is 1. The smallest absolute Gasteiger partial charge is 0.239 e. The van der Waals surface area contributed by atoms with Gasteiger partial charge < -0.3 is 10.6 Å². The Kier molecular flexibility index (Phi) is 3.45. The van der Waals surface area contributed by atoms with Crippen LogP contribution >= 0.6 is 11.3 Å². The number of rotatable bonds is 3. The molecule has 0 saturated heterocycles. The van der Waals surface area contributed by atoms with Crippen molar-refractivity contribution in [3.63, 3.8) is 0 Å². The normalized spacial score (nSPS) is 12.6. The third-order valence-corrected chi connectivity index (χ3v) is 3.75. The molecule has 0 aliphatic rings. The summed E-state index contributed by atoms with van der Waals surface area (Å²) < 4.78 is 1.25. The van der Waals surface area contributed by atoms with Crippen LogP contribution in [0.2, 0.25) is 0 Å². The van der Waals surface area contributed by atoms with Gasteiger partial charge in [0, 0.05) is 18.3 Å². The Bertz CT molecular complexity index is 533. The third kappa shape index (κ3) is 2.48. The number of nitrogens with two attached hydrogens (primary N) is 1. The molecule has 4 heteroatoms. The van der Waals surface area contributed by atoms with E-state index in [9.17, 15) is 4.79 Å². The SMILES string of the molecule is C[C@H](N)C(=O)N(C)Cc1csc2ccccc12. The van der Waals surface area contributed by atoms with Crippen LogP contribution in [0.5, 0.6) is 0 Å². The molecule has 0 aliphatic heterocycles. The third-order valence-electron chi connectivity index (χ3n) is 2.73. The van der Waals surface area contributed by atoms with Gasteiger partial charge in [0.25, 0.3) is 0 Å². The van der Waals surface area contributed by atoms with Crippen LogP contribution < -0.4 is 5.73 Å². The summed E-state index contributed by atoms with van der Waals surface area (Å²) in [6.07, 6.45) is 0. The number of hydrogen-bond acceptors (Lipinski definition) is 3. The minimum absolute atomic E-state index is 0.0275. The molecule has 0 spiro atoms. The predicted octanol–water partition coefficient (Wildman–Crippen LogP) is 2.21. The lowest BCUT2D eigenvalue weighted by atomic mass is 10.1. The van der Waals surface area contributed by atoms with E-state index in [1.165, 1.54) is 15.6 Å². The van der Waals surface area contributed by atoms with Gasteiger partial charge >= 0.3 is 0 Å². The van der Waals surface area contributed by atoms with Crippen LogP contribution in [0, 0.1) is 0 Å². The molecule has 2 aromatic rings. The number of nitrogens with zero attached hydrogens (tertiary/aromatic N) is 1. The highest BCUT2D eigenvalue weighted by Gasteiger charge is 2.14. The van der Waals surface area contributed by atoms with Crippen LogP contribution in [0.3, 0.4) is 0 Å². The van der Waals surface area contributed by atoms with E-state index in [-0.39, 0.29) is 5.91 Å². The second-order valence-corrected chi connectivity index (χ2v) is 5.15. The molecule has 90 valence electrons. The molecule has 0 radical (unpaired) electrons. The number of amides is 1. The molecule has 1 aromatic heterocycles. The highest BCUT2D eigenvalue weighted by atomic mass is 32.1. The van der Waals surface area contributed by atoms with Crippen molar-refractivity contribution in [3.05, 3.63) is 35.2 Å². The zero-order valence-electron chi connectivity index (χ0n) is 10.0. The maximum atomic E-state index is 11.7. The summed E-state index contributed by atoms with van der Waals surface area (Å²) in [4.78, 5) is 13.4. The van der Waals surface area contributed by atoms with E-state index in [1.54, 1.807) is 30.2 Å². The summed E-state index contributed by atoms with van der Waals surface area (Å²) in [5.41, 5.74) is 6.77. The van der Waals surface area contributed by atoms with Gasteiger partial charge in [-0.3, -0.25) is 4.79 Å². The van der Waals surface area contributed by atoms with Gasteiger partial charge in [0.15, 0.2) is 0 Å². The van der Waals surface area contributed by atoms with E-state index in [0.717, 1.165) is 0 Å². The summed E-state index contributed by atoms with van der Waals surface area (Å²) in [5, 5.41) is 3.33. The maximum absolute atomic E-state index is 11.7. The maximum Gasteiger partial charge on any atom is 0.239 e. The molecule has 0 bridgehead atoms. The fourth-order valence-corrected chi connectivity index (χ4v) is 2.79. The first-order valence-corrected chi connectivity index (χ1v) is 6.43. The van der Waals surface area contributed by atoms with E-state index in [0.29, 0.717) is 6.54 Å². The minimum Gasteiger partial charge on any atom is -0.340 e. The van der Waals surface area contributed by atoms with Crippen molar-refractivity contribution in [1.82, 2.24) is 4.90 Å². The first-order valence-electron chi connectivity index (χ1n) is 5.55. The fourth-order valence-electron chi connectivity index (χ4n) is 1.84. The van der Waals surface area contributed by atoms with Gasteiger partial charge in [0.1, 0.15) is 0 Å². The monoisotopic (exact) mass is 248 g/mol. The minimum atomic E-state index is -0.440. The molecule has 0 saturated carbocycles. The molecule has 0 aliphatic carbocycles. The average molecular weight is 248 g/mol. The van der Waals surface area contributed by atoms with Crippen LogP contribution in [0.25, 0.3) is 10.1 Å². The molecule has 2 N–H and O–H groups in total. The van der Waals surface area contributed by atoms with Crippen molar-refractivity contribution in [2.24, 2.45) is 5.73 Å². The van der Waals surface area contributed by atoms with E-state index in [4.69, 9.17) is 5.73 Å². The Morgan fingerprint density at radius 3 is 2.88 bits per heavy atom. The van der Waals surface area contributed by atoms with Gasteiger partial charge in [0.05, 0.1) is 6.04 Å². The van der Waals surface area contributed by atoms with Crippen LogP contribution in [-0.2, 0) is 11.3 Å². The van der Waals surface area contributed by atoms with Crippen LogP contribution in [0.4, 0.5) is 0 Å². The van der Waals surface area contributed by atoms with Crippen molar-refractivity contribution >= 4 is 27.3 Å². The fraction of sp³-hybridized carbons (Fsp3) is 0.308. The molecule has 17 heavy (non-hydrogen) atoms. The number of fused-ring (bicyclic) bond motifs is 1. The predicted molar refractivity (Wildman–Crippen MR) is 71.9 cm³/mol. The largest absolute Gasteiger partial charge is 0.340 e. The van der Waals surface area contributed by atoms with E-state index < -0.39 is 6.04 Å². The second-order valence-electron chi connectivity index (χ2n) is 4.24. The topological polar surface area (TPSA) is 46.3 Å². The highest BCUT2D eigenvalue weighted by molar-refractivity contribution is 7.17. The number of likely N-dealkylation sites (N-methyl/N-ethyl adjacent to an activating group) is 1. The summed E-state index contributed by atoms with van der Waals surface area (Å²) in [6, 6.07) is 7.79. The number of carbonyl (C=O) groups is 1. The van der Waals surface area contributed by atoms with Gasteiger partial charge in [-0.15, -0.1) is 11.3 Å². The lowest BCUT2D eigenvalue weighted by Crippen LogP contribution is -2.39. The highest BCUT2D eigenvalue weighted by Crippen LogP contribution is 2.26. The average Bonchev–Trinajstić information content (AvgIpc) is 2.71. The van der Waals surface area contributed by atoms with Crippen molar-refractivity contribution in [2.75, 3.05) is 7.05 Å². The Morgan fingerprint density at radius 2 is 2.18 bits per heavy atom. The Morgan fingerprint density at radius 1 is 1.47 bits per heavy atom. The van der Waals surface area contributed by atoms with Crippen molar-refractivity contribution < 1.29 is 4.79 Å². The molecule has 0 fully saturated rings. The first kappa shape index (κ1) is 12.1. The van der Waals surface area contributed by atoms with Gasteiger partial charge in [-0.1, -0.05) is 18.2 Å². The number of carbonyl (C=O) groups excluding carboxylic acids is 1. The summed E-state index contributed by atoms with van der Waals surface area (Å²) in [6.45, 7) is 2.33. The Balaban J connectivity index is 2.21. The molecular weight excluding hydrogens is 232 g/mol. The van der Waals surface area contributed by atoms with Crippen molar-refractivity contribution in [1.29, 1.82) is 0 Å². The standard InChI is InChI=1S/C13H16N2OS/c1-9(14)13(16)15(2)7-10-8-17-12-6-4-3-5-11(10)12/h3-6,8-9H,7,14H2,1-2H3/t9-/m0/s1. The molecule has 1 atom stereocenters. The van der Waals surface area contributed by atoms with Crippen LogP contribution in [-0.4, -0.2) is 23.9 Å². The Hall–Kier alpha value is -1.39. The molecule has 0 unspecified atom stereocenters. The first-order chi connectivity index (χ1) is 8.09. The van der Waals surface area contributed by atoms with Gasteiger partial charge in [-0.05, 0) is 29.3 Å². The molecule has 1 amide bonds. The van der Waals surface area contributed by atoms with Crippen molar-refractivity contribution in [3.8, 4) is 0 Å². The summed E-state index contributed by atoms with van der Waals surface area (Å²) >= 11 is 1.71. The number of hydrogen-bond donors (Lipinski definition) is 1. The number of thiophene rings is 1. The van der Waals surface area contributed by atoms with E-state index >= 15 is 0 Å². The lowest BCUT2D eigenvalue weighted by Gasteiger charge is -2.18. The second kappa shape index (κ2) is 4.85. The van der Waals surface area contributed by atoms with Gasteiger partial charge in [0.2, 0.25) is 5.91 Å². The van der Waals surface area contributed by atoms with Crippen LogP contribution in [0.1, 0.15) is 12.5 Å². The van der Waals surface area contributed by atoms with Crippen molar-refractivity contribution in [2.45, 2.75) is 19.5 Å². The van der Waals surface area contributed by atoms with E-state index in [2.05, 4.69) is 17.5 Å². The van der Waals surface area contributed by atoms with E-state index in [1.807, 2.05) is 12.1 Å². The zero-order valence-corrected chi connectivity index (χ0v) is 10.8. The molecule has 3 nitrogen and oxygen atoms in total. The molecule has 2 rings (SSSR count). The zero-order chi connectivity index (χ0) is 12.4. The summed E-state index contributed by atoms with van der Waals surface area (Å²) in [7, 11) is 1.79. The summed E-state index contributed by atoms with van der Waals surface area (Å²) in [5.74, 6) is -0.0275. The molecule has 1 heterocycles. The Labute approximate surface area is 105 Å². The van der Waals surface area contributed by atoms with Gasteiger partial charge in [-0.2, -0.15) is 0 Å².